The third kappa shape index (κ3) is 16.8. The van der Waals surface area contributed by atoms with Gasteiger partial charge >= 0.3 is 17.9 Å². The lowest BCUT2D eigenvalue weighted by molar-refractivity contribution is -0.145. The summed E-state index contributed by atoms with van der Waals surface area (Å²) in [4.78, 5) is 28.7. The van der Waals surface area contributed by atoms with Crippen LogP contribution in [0, 0.1) is 0 Å². The molecule has 0 amide bonds. The highest BCUT2D eigenvalue weighted by atomic mass is 16.4. The highest BCUT2D eigenvalue weighted by molar-refractivity contribution is 5.75. The smallest absolute Gasteiger partial charge is 0.332 e. The summed E-state index contributed by atoms with van der Waals surface area (Å²) in [5.74, 6) is -3.34. The number of carboxylic acid groups (broad SMARTS) is 3. The van der Waals surface area contributed by atoms with E-state index in [2.05, 4.69) is 0 Å². The van der Waals surface area contributed by atoms with Gasteiger partial charge < -0.3 is 20.4 Å². The van der Waals surface area contributed by atoms with Gasteiger partial charge in [0, 0.05) is 0 Å². The molecule has 0 saturated heterocycles. The van der Waals surface area contributed by atoms with Crippen molar-refractivity contribution < 1.29 is 34.8 Å². The standard InChI is InChI=1S/C4H6O4.C3H6O3/c5-3(6)1-2-4(7)8;1-2(4)3(5)6/h1-2H2,(H,5,6)(H,7,8);2,4H,1H3,(H,5,6)/t;2-/m.0/s1. The van der Waals surface area contributed by atoms with Crippen molar-refractivity contribution in [3.05, 3.63) is 0 Å². The first-order chi connectivity index (χ1) is 6.27. The fraction of sp³-hybridized carbons (Fsp3) is 0.571. The summed E-state index contributed by atoms with van der Waals surface area (Å²) in [5.41, 5.74) is 0. The van der Waals surface area contributed by atoms with Gasteiger partial charge in [0.05, 0.1) is 12.8 Å². The molecule has 0 spiro atoms. The van der Waals surface area contributed by atoms with Gasteiger partial charge in [-0.25, -0.2) is 4.79 Å². The van der Waals surface area contributed by atoms with Crippen LogP contribution in [0.25, 0.3) is 0 Å². The molecule has 0 aliphatic carbocycles. The molecule has 0 aromatic carbocycles. The number of aliphatic hydroxyl groups excluding tert-OH is 1. The maximum Gasteiger partial charge on any atom is 0.332 e. The normalized spacial score (nSPS) is 10.7. The SMILES string of the molecule is C[C@H](O)C(=O)O.O=C(O)CCC(=O)O. The summed E-state index contributed by atoms with van der Waals surface area (Å²) < 4.78 is 0. The zero-order valence-electron chi connectivity index (χ0n) is 7.51. The summed E-state index contributed by atoms with van der Waals surface area (Å²) in [7, 11) is 0. The summed E-state index contributed by atoms with van der Waals surface area (Å²) in [6, 6.07) is 0. The van der Waals surface area contributed by atoms with Crippen LogP contribution in [0.4, 0.5) is 0 Å². The van der Waals surface area contributed by atoms with Crippen molar-refractivity contribution in [3.63, 3.8) is 0 Å². The Morgan fingerprint density at radius 2 is 1.21 bits per heavy atom. The van der Waals surface area contributed by atoms with Gasteiger partial charge in [0.15, 0.2) is 0 Å². The third-order valence-corrected chi connectivity index (χ3v) is 0.910. The monoisotopic (exact) mass is 208 g/mol. The van der Waals surface area contributed by atoms with E-state index in [1.165, 1.54) is 6.92 Å². The number of carboxylic acids is 3. The second kappa shape index (κ2) is 7.99. The molecule has 0 rings (SSSR count). The lowest BCUT2D eigenvalue weighted by Gasteiger charge is -1.89. The van der Waals surface area contributed by atoms with E-state index in [0.29, 0.717) is 0 Å². The number of hydrogen-bond acceptors (Lipinski definition) is 4. The van der Waals surface area contributed by atoms with Crippen molar-refractivity contribution in [2.24, 2.45) is 0 Å². The molecule has 0 unspecified atom stereocenters. The summed E-state index contributed by atoms with van der Waals surface area (Å²) >= 11 is 0. The highest BCUT2D eigenvalue weighted by Crippen LogP contribution is 1.86. The van der Waals surface area contributed by atoms with Crippen molar-refractivity contribution in [1.82, 2.24) is 0 Å². The Morgan fingerprint density at radius 3 is 1.29 bits per heavy atom. The molecule has 0 aliphatic rings. The van der Waals surface area contributed by atoms with E-state index in [1.807, 2.05) is 0 Å². The quantitative estimate of drug-likeness (QED) is 0.484. The molecule has 0 bridgehead atoms. The van der Waals surface area contributed by atoms with Gasteiger partial charge in [-0.2, -0.15) is 0 Å². The average Bonchev–Trinajstić information content (AvgIpc) is 2.01. The van der Waals surface area contributed by atoms with Gasteiger partial charge in [0.1, 0.15) is 6.10 Å². The third-order valence-electron chi connectivity index (χ3n) is 0.910. The minimum absolute atomic E-state index is 0.296. The summed E-state index contributed by atoms with van der Waals surface area (Å²) in [5, 5.41) is 31.6. The average molecular weight is 208 g/mol. The van der Waals surface area contributed by atoms with E-state index in [0.717, 1.165) is 0 Å². The molecule has 7 heteroatoms. The number of aliphatic carboxylic acids is 3. The molecule has 0 aromatic rings. The van der Waals surface area contributed by atoms with Crippen LogP contribution < -0.4 is 0 Å². The van der Waals surface area contributed by atoms with Gasteiger partial charge in [-0.3, -0.25) is 9.59 Å². The van der Waals surface area contributed by atoms with E-state index in [9.17, 15) is 14.4 Å². The van der Waals surface area contributed by atoms with Crippen molar-refractivity contribution in [2.75, 3.05) is 0 Å². The Kier molecular flexibility index (Phi) is 8.49. The highest BCUT2D eigenvalue weighted by Gasteiger charge is 2.01. The predicted octanol–water partition coefficient (Wildman–Crippen LogP) is -0.612. The largest absolute Gasteiger partial charge is 0.481 e. The Labute approximate surface area is 79.6 Å². The molecule has 0 fully saturated rings. The van der Waals surface area contributed by atoms with Crippen molar-refractivity contribution in [2.45, 2.75) is 25.9 Å². The fourth-order valence-corrected chi connectivity index (χ4v) is 0.214. The van der Waals surface area contributed by atoms with Crippen molar-refractivity contribution >= 4 is 17.9 Å². The Morgan fingerprint density at radius 1 is 1.00 bits per heavy atom. The molecule has 7 nitrogen and oxygen atoms in total. The molecule has 0 heterocycles. The van der Waals surface area contributed by atoms with Crippen molar-refractivity contribution in [3.8, 4) is 0 Å². The topological polar surface area (TPSA) is 132 Å². The lowest BCUT2D eigenvalue weighted by atomic mass is 10.3. The molecule has 0 saturated carbocycles. The Hall–Kier alpha value is -1.63. The molecule has 0 radical (unpaired) electrons. The molecule has 82 valence electrons. The van der Waals surface area contributed by atoms with E-state index in [4.69, 9.17) is 20.4 Å². The second-order valence-electron chi connectivity index (χ2n) is 2.30. The molecule has 4 N–H and O–H groups in total. The molecule has 14 heavy (non-hydrogen) atoms. The molecule has 0 aromatic heterocycles. The number of rotatable bonds is 4. The first-order valence-corrected chi connectivity index (χ1v) is 3.61. The minimum atomic E-state index is -1.23. The van der Waals surface area contributed by atoms with Gasteiger partial charge in [-0.05, 0) is 6.92 Å². The van der Waals surface area contributed by atoms with Crippen LogP contribution in [0.5, 0.6) is 0 Å². The van der Waals surface area contributed by atoms with E-state index in [1.54, 1.807) is 0 Å². The lowest BCUT2D eigenvalue weighted by Crippen LogP contribution is -2.13. The summed E-state index contributed by atoms with van der Waals surface area (Å²) in [6.45, 7) is 1.20. The Bertz CT molecular complexity index is 194. The van der Waals surface area contributed by atoms with Gasteiger partial charge in [-0.15, -0.1) is 0 Å². The molecular formula is C7H12O7. The van der Waals surface area contributed by atoms with Crippen molar-refractivity contribution in [1.29, 1.82) is 0 Å². The summed E-state index contributed by atoms with van der Waals surface area (Å²) in [6.07, 6.45) is -1.82. The van der Waals surface area contributed by atoms with Gasteiger partial charge in [-0.1, -0.05) is 0 Å². The van der Waals surface area contributed by atoms with Crippen LogP contribution in [0.1, 0.15) is 19.8 Å². The first kappa shape index (κ1) is 14.9. The zero-order valence-corrected chi connectivity index (χ0v) is 7.51. The van der Waals surface area contributed by atoms with E-state index >= 15 is 0 Å². The van der Waals surface area contributed by atoms with Crippen LogP contribution >= 0.6 is 0 Å². The van der Waals surface area contributed by atoms with Crippen LogP contribution in [0.15, 0.2) is 0 Å². The maximum absolute atomic E-state index is 9.64. The van der Waals surface area contributed by atoms with Crippen LogP contribution in [0.3, 0.4) is 0 Å². The van der Waals surface area contributed by atoms with Crippen LogP contribution in [-0.2, 0) is 14.4 Å². The van der Waals surface area contributed by atoms with Gasteiger partial charge in [0.25, 0.3) is 0 Å². The zero-order chi connectivity index (χ0) is 11.7. The van der Waals surface area contributed by atoms with Crippen LogP contribution in [-0.4, -0.2) is 44.4 Å². The van der Waals surface area contributed by atoms with E-state index < -0.39 is 24.0 Å². The fourth-order valence-electron chi connectivity index (χ4n) is 0.214. The molecular weight excluding hydrogens is 196 g/mol. The van der Waals surface area contributed by atoms with E-state index in [-0.39, 0.29) is 12.8 Å². The number of hydrogen-bond donors (Lipinski definition) is 4. The number of carbonyl (C=O) groups is 3. The molecule has 0 aliphatic heterocycles. The second-order valence-corrected chi connectivity index (χ2v) is 2.30. The number of aliphatic hydroxyl groups is 1. The predicted molar refractivity (Wildman–Crippen MR) is 43.8 cm³/mol. The first-order valence-electron chi connectivity index (χ1n) is 3.61. The van der Waals surface area contributed by atoms with Crippen LogP contribution in [0.2, 0.25) is 0 Å². The maximum atomic E-state index is 9.64. The van der Waals surface area contributed by atoms with Gasteiger partial charge in [0.2, 0.25) is 0 Å². The molecule has 1 atom stereocenters. The Balaban J connectivity index is 0. The minimum Gasteiger partial charge on any atom is -0.481 e.